The van der Waals surface area contributed by atoms with Gasteiger partial charge in [-0.15, -0.1) is 0 Å². The number of hydrogen-bond donors (Lipinski definition) is 1. The largest absolute Gasteiger partial charge is 0.482 e. The van der Waals surface area contributed by atoms with E-state index in [1.165, 1.54) is 12.1 Å². The van der Waals surface area contributed by atoms with Crippen LogP contribution < -0.4 is 10.3 Å². The van der Waals surface area contributed by atoms with Gasteiger partial charge in [-0.1, -0.05) is 23.2 Å². The van der Waals surface area contributed by atoms with E-state index in [4.69, 9.17) is 27.9 Å². The molecule has 0 bridgehead atoms. The van der Waals surface area contributed by atoms with Crippen LogP contribution in [0.4, 0.5) is 0 Å². The summed E-state index contributed by atoms with van der Waals surface area (Å²) in [5.74, 6) is -0.181. The molecule has 0 fully saturated rings. The van der Waals surface area contributed by atoms with Gasteiger partial charge in [0.2, 0.25) is 0 Å². The molecular formula is C12H10Cl2N2O3. The number of halogens is 2. The van der Waals surface area contributed by atoms with E-state index in [1.54, 1.807) is 19.1 Å². The fourth-order valence-corrected chi connectivity index (χ4v) is 1.96. The number of carbonyl (C=O) groups excluding carboxylic acids is 1. The summed E-state index contributed by atoms with van der Waals surface area (Å²) in [7, 11) is 0. The van der Waals surface area contributed by atoms with Crippen LogP contribution in [0.25, 0.3) is 0 Å². The molecule has 1 heterocycles. The maximum atomic E-state index is 11.8. The van der Waals surface area contributed by atoms with E-state index in [9.17, 15) is 9.59 Å². The minimum atomic E-state index is -0.510. The number of carbonyl (C=O) groups is 1. The zero-order valence-corrected chi connectivity index (χ0v) is 11.5. The molecule has 1 N–H and O–H groups in total. The Morgan fingerprint density at radius 2 is 2.11 bits per heavy atom. The minimum absolute atomic E-state index is 0.301. The first-order valence-corrected chi connectivity index (χ1v) is 6.12. The minimum Gasteiger partial charge on any atom is -0.482 e. The van der Waals surface area contributed by atoms with Crippen molar-refractivity contribution in [3.05, 3.63) is 50.4 Å². The Kier molecular flexibility index (Phi) is 3.97. The fraction of sp³-hybridized carbons (Fsp3) is 0.167. The van der Waals surface area contributed by atoms with Gasteiger partial charge in [-0.25, -0.2) is 0 Å². The van der Waals surface area contributed by atoms with Gasteiger partial charge in [0.05, 0.1) is 5.02 Å². The molecule has 0 spiro atoms. The molecule has 2 aromatic rings. The molecule has 2 rings (SSSR count). The molecule has 0 saturated carbocycles. The van der Waals surface area contributed by atoms with Gasteiger partial charge in [0.15, 0.2) is 6.61 Å². The molecule has 0 unspecified atom stereocenters. The van der Waals surface area contributed by atoms with Crippen molar-refractivity contribution < 1.29 is 9.53 Å². The molecule has 1 aromatic carbocycles. The number of aromatic amines is 1. The monoisotopic (exact) mass is 300 g/mol. The predicted molar refractivity (Wildman–Crippen MR) is 72.4 cm³/mol. The van der Waals surface area contributed by atoms with Crippen LogP contribution in [-0.2, 0) is 0 Å². The first-order chi connectivity index (χ1) is 8.97. The number of ether oxygens (including phenoxy) is 1. The van der Waals surface area contributed by atoms with E-state index >= 15 is 0 Å². The van der Waals surface area contributed by atoms with Gasteiger partial charge >= 0.3 is 0 Å². The van der Waals surface area contributed by atoms with Crippen molar-refractivity contribution in [3.63, 3.8) is 0 Å². The van der Waals surface area contributed by atoms with Gasteiger partial charge in [-0.3, -0.25) is 14.7 Å². The quantitative estimate of drug-likeness (QED) is 0.947. The third-order valence-corrected chi connectivity index (χ3v) is 2.87. The lowest BCUT2D eigenvalue weighted by atomic mass is 10.3. The molecule has 0 saturated heterocycles. The molecule has 100 valence electrons. The normalized spacial score (nSPS) is 10.5. The van der Waals surface area contributed by atoms with Crippen molar-refractivity contribution in [2.24, 2.45) is 0 Å². The van der Waals surface area contributed by atoms with E-state index in [2.05, 4.69) is 5.10 Å². The van der Waals surface area contributed by atoms with Gasteiger partial charge in [0.1, 0.15) is 5.75 Å². The van der Waals surface area contributed by atoms with Crippen LogP contribution in [0, 0.1) is 6.92 Å². The molecule has 0 atom stereocenters. The van der Waals surface area contributed by atoms with E-state index < -0.39 is 11.5 Å². The summed E-state index contributed by atoms with van der Waals surface area (Å²) < 4.78 is 6.14. The molecule has 5 nitrogen and oxygen atoms in total. The second-order valence-corrected chi connectivity index (χ2v) is 4.71. The summed E-state index contributed by atoms with van der Waals surface area (Å²) in [6.07, 6.45) is 0. The third kappa shape index (κ3) is 3.19. The number of hydrogen-bond acceptors (Lipinski definition) is 3. The Hall–Kier alpha value is -1.72. The standard InChI is InChI=1S/C12H10Cl2N2O3/c1-7-4-11(17)16(15-7)12(18)6-19-10-3-2-8(13)5-9(10)14/h2-5,15H,6H2,1H3. The maximum absolute atomic E-state index is 11.8. The summed E-state index contributed by atoms with van der Waals surface area (Å²) in [6.45, 7) is 1.38. The van der Waals surface area contributed by atoms with Crippen molar-refractivity contribution in [1.82, 2.24) is 9.78 Å². The highest BCUT2D eigenvalue weighted by Crippen LogP contribution is 2.27. The zero-order valence-electron chi connectivity index (χ0n) is 9.94. The van der Waals surface area contributed by atoms with Crippen molar-refractivity contribution >= 4 is 29.1 Å². The van der Waals surface area contributed by atoms with E-state index in [0.717, 1.165) is 4.68 Å². The Morgan fingerprint density at radius 3 is 2.68 bits per heavy atom. The number of aromatic nitrogens is 2. The van der Waals surface area contributed by atoms with Crippen molar-refractivity contribution in [3.8, 4) is 5.75 Å². The lowest BCUT2D eigenvalue weighted by Gasteiger charge is -2.07. The zero-order chi connectivity index (χ0) is 14.0. The van der Waals surface area contributed by atoms with Gasteiger partial charge in [0, 0.05) is 16.8 Å². The maximum Gasteiger partial charge on any atom is 0.286 e. The summed E-state index contributed by atoms with van der Waals surface area (Å²) in [6, 6.07) is 5.99. The number of nitrogens with one attached hydrogen (secondary N) is 1. The topological polar surface area (TPSA) is 64.1 Å². The lowest BCUT2D eigenvalue weighted by Crippen LogP contribution is -2.28. The predicted octanol–water partition coefficient (Wildman–Crippen LogP) is 2.51. The van der Waals surface area contributed by atoms with Gasteiger partial charge < -0.3 is 4.74 Å². The molecule has 0 aliphatic heterocycles. The summed E-state index contributed by atoms with van der Waals surface area (Å²) >= 11 is 11.6. The van der Waals surface area contributed by atoms with Gasteiger partial charge in [-0.2, -0.15) is 4.68 Å². The Balaban J connectivity index is 2.08. The van der Waals surface area contributed by atoms with E-state index in [1.807, 2.05) is 0 Å². The SMILES string of the molecule is Cc1cc(=O)n(C(=O)COc2ccc(Cl)cc2Cl)[nH]1. The number of nitrogens with zero attached hydrogens (tertiary/aromatic N) is 1. The highest BCUT2D eigenvalue weighted by molar-refractivity contribution is 6.35. The molecule has 0 amide bonds. The fourth-order valence-electron chi connectivity index (χ4n) is 1.50. The Morgan fingerprint density at radius 1 is 1.37 bits per heavy atom. The Labute approximate surface area is 118 Å². The third-order valence-electron chi connectivity index (χ3n) is 2.34. The number of aryl methyl sites for hydroxylation is 1. The molecule has 7 heteroatoms. The highest BCUT2D eigenvalue weighted by Gasteiger charge is 2.11. The summed E-state index contributed by atoms with van der Waals surface area (Å²) in [5, 5.41) is 3.40. The van der Waals surface area contributed by atoms with Crippen LogP contribution in [0.3, 0.4) is 0 Å². The molecule has 0 aliphatic carbocycles. The van der Waals surface area contributed by atoms with Crippen LogP contribution in [0.15, 0.2) is 29.1 Å². The smallest absolute Gasteiger partial charge is 0.286 e. The molecule has 19 heavy (non-hydrogen) atoms. The average molecular weight is 301 g/mol. The van der Waals surface area contributed by atoms with E-state index in [-0.39, 0.29) is 6.61 Å². The van der Waals surface area contributed by atoms with Crippen molar-refractivity contribution in [2.75, 3.05) is 6.61 Å². The Bertz CT molecular complexity index is 676. The number of H-pyrrole nitrogens is 1. The van der Waals surface area contributed by atoms with Crippen LogP contribution in [0.1, 0.15) is 10.5 Å². The summed E-state index contributed by atoms with van der Waals surface area (Å²) in [5.41, 5.74) is 0.177. The second kappa shape index (κ2) is 5.50. The van der Waals surface area contributed by atoms with Gasteiger partial charge in [0.25, 0.3) is 11.5 Å². The van der Waals surface area contributed by atoms with Crippen LogP contribution in [0.5, 0.6) is 5.75 Å². The molecule has 0 radical (unpaired) electrons. The first-order valence-electron chi connectivity index (χ1n) is 5.37. The molecule has 1 aromatic heterocycles. The van der Waals surface area contributed by atoms with E-state index in [0.29, 0.717) is 21.5 Å². The van der Waals surface area contributed by atoms with Gasteiger partial charge in [-0.05, 0) is 25.1 Å². The number of benzene rings is 1. The molecular weight excluding hydrogens is 291 g/mol. The first kappa shape index (κ1) is 13.7. The molecule has 0 aliphatic rings. The lowest BCUT2D eigenvalue weighted by molar-refractivity contribution is 0.0816. The van der Waals surface area contributed by atoms with Crippen molar-refractivity contribution in [2.45, 2.75) is 6.92 Å². The van der Waals surface area contributed by atoms with Crippen molar-refractivity contribution in [1.29, 1.82) is 0 Å². The average Bonchev–Trinajstić information content (AvgIpc) is 2.67. The second-order valence-electron chi connectivity index (χ2n) is 3.87. The van der Waals surface area contributed by atoms with Crippen LogP contribution >= 0.6 is 23.2 Å². The highest BCUT2D eigenvalue weighted by atomic mass is 35.5. The summed E-state index contributed by atoms with van der Waals surface area (Å²) in [4.78, 5) is 23.2. The van der Waals surface area contributed by atoms with Crippen LogP contribution in [-0.4, -0.2) is 22.3 Å². The van der Waals surface area contributed by atoms with Crippen LogP contribution in [0.2, 0.25) is 10.0 Å². The number of rotatable bonds is 3.